The number of aromatic nitrogens is 1. The molecule has 7 nitrogen and oxygen atoms in total. The van der Waals surface area contributed by atoms with E-state index in [2.05, 4.69) is 21.6 Å². The van der Waals surface area contributed by atoms with Crippen LogP contribution in [0.4, 0.5) is 5.82 Å². The van der Waals surface area contributed by atoms with E-state index in [4.69, 9.17) is 9.72 Å². The quantitative estimate of drug-likeness (QED) is 0.355. The summed E-state index contributed by atoms with van der Waals surface area (Å²) in [5.74, 6) is 0.290. The van der Waals surface area contributed by atoms with Crippen molar-refractivity contribution in [2.24, 2.45) is 0 Å². The van der Waals surface area contributed by atoms with Gasteiger partial charge in [-0.1, -0.05) is 24.3 Å². The number of ether oxygens (including phenoxy) is 1. The number of thiophene rings is 1. The van der Waals surface area contributed by atoms with E-state index < -0.39 is 0 Å². The number of benzene rings is 2. The van der Waals surface area contributed by atoms with Crippen LogP contribution in [0, 0.1) is 6.92 Å². The van der Waals surface area contributed by atoms with E-state index in [-0.39, 0.29) is 11.7 Å². The number of hydrogen-bond acceptors (Lipinski definition) is 7. The molecule has 0 spiro atoms. The van der Waals surface area contributed by atoms with Gasteiger partial charge in [-0.15, -0.1) is 11.3 Å². The zero-order valence-electron chi connectivity index (χ0n) is 20.8. The van der Waals surface area contributed by atoms with Crippen LogP contribution in [0.2, 0.25) is 0 Å². The summed E-state index contributed by atoms with van der Waals surface area (Å²) in [5, 5.41) is 8.46. The van der Waals surface area contributed by atoms with Crippen molar-refractivity contribution in [2.45, 2.75) is 27.0 Å². The van der Waals surface area contributed by atoms with E-state index >= 15 is 0 Å². The van der Waals surface area contributed by atoms with Crippen molar-refractivity contribution in [1.82, 2.24) is 15.2 Å². The summed E-state index contributed by atoms with van der Waals surface area (Å²) in [4.78, 5) is 33.5. The number of amides is 1. The van der Waals surface area contributed by atoms with E-state index in [0.717, 1.165) is 70.4 Å². The first-order valence-electron chi connectivity index (χ1n) is 12.1. The molecule has 2 aromatic heterocycles. The molecular formula is C28H30N4O3S. The topological polar surface area (TPSA) is 83.6 Å². The van der Waals surface area contributed by atoms with Gasteiger partial charge in [0.05, 0.1) is 17.0 Å². The van der Waals surface area contributed by atoms with Crippen molar-refractivity contribution in [3.8, 4) is 0 Å². The maximum absolute atomic E-state index is 13.5. The van der Waals surface area contributed by atoms with E-state index in [1.54, 1.807) is 14.0 Å². The number of anilines is 1. The highest BCUT2D eigenvalue weighted by molar-refractivity contribution is 7.21. The lowest BCUT2D eigenvalue weighted by molar-refractivity contribution is 0.101. The predicted octanol–water partition coefficient (Wildman–Crippen LogP) is 4.76. The zero-order chi connectivity index (χ0) is 25.2. The van der Waals surface area contributed by atoms with Crippen molar-refractivity contribution in [3.05, 3.63) is 69.6 Å². The molecule has 1 aliphatic heterocycles. The third kappa shape index (κ3) is 4.77. The van der Waals surface area contributed by atoms with Crippen molar-refractivity contribution >= 4 is 49.8 Å². The molecule has 1 amide bonds. The Bertz CT molecular complexity index is 1460. The summed E-state index contributed by atoms with van der Waals surface area (Å²) >= 11 is 1.35. The third-order valence-corrected chi connectivity index (χ3v) is 8.02. The van der Waals surface area contributed by atoms with E-state index in [9.17, 15) is 9.59 Å². The second-order valence-electron chi connectivity index (χ2n) is 9.19. The largest absolute Gasteiger partial charge is 0.380 e. The van der Waals surface area contributed by atoms with Gasteiger partial charge in [-0.3, -0.25) is 14.5 Å². The van der Waals surface area contributed by atoms with E-state index in [0.29, 0.717) is 22.9 Å². The van der Waals surface area contributed by atoms with Gasteiger partial charge in [-0.2, -0.15) is 0 Å². The summed E-state index contributed by atoms with van der Waals surface area (Å²) in [7, 11) is 1.64. The van der Waals surface area contributed by atoms with Crippen LogP contribution >= 0.6 is 11.3 Å². The fourth-order valence-corrected chi connectivity index (χ4v) is 6.24. The fraction of sp³-hybridized carbons (Fsp3) is 0.321. The number of piperazine rings is 1. The SMILES string of the molecule is COCc1ccc(C(C)=O)c2sc(C(=O)Nc3cc(CN4CCNCC4)c4ccccc4n3)c(C)c12. The minimum Gasteiger partial charge on any atom is -0.380 e. The molecule has 1 saturated heterocycles. The standard InChI is InChI=1S/C28H30N4O3S/c1-17-25-19(16-35-3)8-9-21(18(2)33)27(25)36-26(17)28(34)31-24-14-20(15-32-12-10-29-11-13-32)22-6-4-5-7-23(22)30-24/h4-9,14,29H,10-13,15-16H2,1-3H3,(H,30,31,34). The Kier molecular flexibility index (Phi) is 7.11. The Balaban J connectivity index is 1.51. The molecule has 3 heterocycles. The second-order valence-corrected chi connectivity index (χ2v) is 10.2. The number of para-hydroxylation sites is 1. The second kappa shape index (κ2) is 10.4. The maximum Gasteiger partial charge on any atom is 0.267 e. The first-order chi connectivity index (χ1) is 17.5. The molecule has 0 unspecified atom stereocenters. The molecule has 1 fully saturated rings. The Morgan fingerprint density at radius 1 is 1.14 bits per heavy atom. The van der Waals surface area contributed by atoms with E-state index in [1.807, 2.05) is 43.3 Å². The average Bonchev–Trinajstić information content (AvgIpc) is 3.22. The zero-order valence-corrected chi connectivity index (χ0v) is 21.6. The number of methoxy groups -OCH3 is 1. The first kappa shape index (κ1) is 24.5. The Hall–Kier alpha value is -3.17. The van der Waals surface area contributed by atoms with Crippen LogP contribution in [0.15, 0.2) is 42.5 Å². The Labute approximate surface area is 214 Å². The molecule has 1 aliphatic rings. The molecule has 8 heteroatoms. The van der Waals surface area contributed by atoms with Gasteiger partial charge in [0.15, 0.2) is 5.78 Å². The highest BCUT2D eigenvalue weighted by Gasteiger charge is 2.22. The highest BCUT2D eigenvalue weighted by Crippen LogP contribution is 2.37. The van der Waals surface area contributed by atoms with Crippen molar-refractivity contribution in [3.63, 3.8) is 0 Å². The molecule has 0 saturated carbocycles. The van der Waals surface area contributed by atoms with Gasteiger partial charge in [0.1, 0.15) is 5.82 Å². The van der Waals surface area contributed by atoms with Gasteiger partial charge in [-0.05, 0) is 48.7 Å². The van der Waals surface area contributed by atoms with Crippen molar-refractivity contribution < 1.29 is 14.3 Å². The predicted molar refractivity (Wildman–Crippen MR) is 145 cm³/mol. The minimum absolute atomic E-state index is 0.0223. The number of nitrogens with zero attached hydrogens (tertiary/aromatic N) is 2. The lowest BCUT2D eigenvalue weighted by Crippen LogP contribution is -2.42. The number of hydrogen-bond donors (Lipinski definition) is 2. The van der Waals surface area contributed by atoms with Crippen LogP contribution in [0.1, 0.15) is 43.6 Å². The minimum atomic E-state index is -0.220. The molecule has 5 rings (SSSR count). The Morgan fingerprint density at radius 2 is 1.92 bits per heavy atom. The summed E-state index contributed by atoms with van der Waals surface area (Å²) in [5.41, 5.74) is 4.44. The average molecular weight is 503 g/mol. The smallest absolute Gasteiger partial charge is 0.267 e. The molecule has 36 heavy (non-hydrogen) atoms. The van der Waals surface area contributed by atoms with Crippen LogP contribution in [-0.2, 0) is 17.9 Å². The monoisotopic (exact) mass is 502 g/mol. The van der Waals surface area contributed by atoms with Crippen LogP contribution in [0.5, 0.6) is 0 Å². The van der Waals surface area contributed by atoms with Gasteiger partial charge in [-0.25, -0.2) is 4.98 Å². The van der Waals surface area contributed by atoms with Crippen LogP contribution in [-0.4, -0.2) is 54.9 Å². The molecule has 4 aromatic rings. The van der Waals surface area contributed by atoms with Crippen LogP contribution in [0.25, 0.3) is 21.0 Å². The number of pyridine rings is 1. The number of carbonyl (C=O) groups excluding carboxylic acids is 2. The highest BCUT2D eigenvalue weighted by atomic mass is 32.1. The summed E-state index contributed by atoms with van der Waals surface area (Å²) in [6.45, 7) is 8.63. The lowest BCUT2D eigenvalue weighted by Gasteiger charge is -2.27. The van der Waals surface area contributed by atoms with Crippen LogP contribution < -0.4 is 10.6 Å². The molecule has 186 valence electrons. The molecule has 0 radical (unpaired) electrons. The number of nitrogens with one attached hydrogen (secondary N) is 2. The maximum atomic E-state index is 13.5. The number of fused-ring (bicyclic) bond motifs is 2. The van der Waals surface area contributed by atoms with Gasteiger partial charge < -0.3 is 15.4 Å². The fourth-order valence-electron chi connectivity index (χ4n) is 4.93. The summed E-state index contributed by atoms with van der Waals surface area (Å²) in [6, 6.07) is 13.8. The van der Waals surface area contributed by atoms with Gasteiger partial charge >= 0.3 is 0 Å². The number of Topliss-reactive ketones (excluding diaryl/α,β-unsaturated/α-hetero) is 1. The van der Waals surface area contributed by atoms with Gasteiger partial charge in [0.2, 0.25) is 0 Å². The lowest BCUT2D eigenvalue weighted by atomic mass is 10.0. The number of rotatable bonds is 7. The third-order valence-electron chi connectivity index (χ3n) is 6.70. The van der Waals surface area contributed by atoms with E-state index in [1.165, 1.54) is 11.3 Å². The molecule has 0 bridgehead atoms. The van der Waals surface area contributed by atoms with Crippen LogP contribution in [0.3, 0.4) is 0 Å². The molecular weight excluding hydrogens is 472 g/mol. The number of ketones is 1. The first-order valence-corrected chi connectivity index (χ1v) is 13.0. The number of carbonyl (C=O) groups is 2. The van der Waals surface area contributed by atoms with Gasteiger partial charge in [0, 0.05) is 60.9 Å². The molecule has 0 atom stereocenters. The van der Waals surface area contributed by atoms with Gasteiger partial charge in [0.25, 0.3) is 5.91 Å². The molecule has 2 aromatic carbocycles. The van der Waals surface area contributed by atoms with Crippen molar-refractivity contribution in [1.29, 1.82) is 0 Å². The molecule has 0 aliphatic carbocycles. The summed E-state index contributed by atoms with van der Waals surface area (Å²) < 4.78 is 6.20. The number of aryl methyl sites for hydroxylation is 1. The molecule has 2 N–H and O–H groups in total. The summed E-state index contributed by atoms with van der Waals surface area (Å²) in [6.07, 6.45) is 0. The van der Waals surface area contributed by atoms with Crippen molar-refractivity contribution in [2.75, 3.05) is 38.6 Å². The Morgan fingerprint density at radius 3 is 2.67 bits per heavy atom. The normalized spacial score (nSPS) is 14.4.